The molecular weight excluding hydrogens is 276 g/mol. The van der Waals surface area contributed by atoms with Crippen molar-refractivity contribution in [1.82, 2.24) is 0 Å². The van der Waals surface area contributed by atoms with E-state index in [9.17, 15) is 5.11 Å². The van der Waals surface area contributed by atoms with E-state index in [4.69, 9.17) is 0 Å². The fourth-order valence-electron chi connectivity index (χ4n) is 3.13. The molecular formula is C19H22OS. The molecule has 0 aliphatic carbocycles. The normalized spacial score (nSPS) is 18.5. The second-order valence-electron chi connectivity index (χ2n) is 5.97. The molecule has 110 valence electrons. The lowest BCUT2D eigenvalue weighted by molar-refractivity contribution is 0.217. The standard InChI is InChI=1S/C19H22OS/c1-14-6-2-3-7-16(14)10-15(13-20)11-18-12-17-8-4-5-9-19(17)21-18/h2-9,15,18,20H,10-13H2,1H3. The Hall–Kier alpha value is -1.25. The lowest BCUT2D eigenvalue weighted by Gasteiger charge is -2.19. The number of aryl methyl sites for hydroxylation is 1. The molecule has 0 aromatic heterocycles. The maximum Gasteiger partial charge on any atom is 0.0462 e. The van der Waals surface area contributed by atoms with Gasteiger partial charge in [0.05, 0.1) is 0 Å². The molecule has 1 aliphatic rings. The first-order valence-electron chi connectivity index (χ1n) is 7.66. The number of aliphatic hydroxyl groups is 1. The van der Waals surface area contributed by atoms with Crippen molar-refractivity contribution in [3.05, 3.63) is 65.2 Å². The zero-order chi connectivity index (χ0) is 14.7. The van der Waals surface area contributed by atoms with Crippen LogP contribution in [0.2, 0.25) is 0 Å². The molecule has 2 heteroatoms. The number of benzene rings is 2. The molecule has 1 N–H and O–H groups in total. The Bertz CT molecular complexity index is 583. The first-order valence-corrected chi connectivity index (χ1v) is 8.54. The fraction of sp³-hybridized carbons (Fsp3) is 0.368. The molecule has 21 heavy (non-hydrogen) atoms. The molecule has 0 radical (unpaired) electrons. The highest BCUT2D eigenvalue weighted by atomic mass is 32.2. The molecule has 3 rings (SSSR count). The minimum absolute atomic E-state index is 0.280. The predicted molar refractivity (Wildman–Crippen MR) is 89.9 cm³/mol. The van der Waals surface area contributed by atoms with Crippen molar-refractivity contribution < 1.29 is 5.11 Å². The van der Waals surface area contributed by atoms with Gasteiger partial charge in [0.2, 0.25) is 0 Å². The average Bonchev–Trinajstić information content (AvgIpc) is 2.91. The summed E-state index contributed by atoms with van der Waals surface area (Å²) in [4.78, 5) is 1.43. The van der Waals surface area contributed by atoms with Crippen LogP contribution in [0.15, 0.2) is 53.4 Å². The number of hydrogen-bond acceptors (Lipinski definition) is 2. The maximum atomic E-state index is 9.75. The molecule has 1 nitrogen and oxygen atoms in total. The Morgan fingerprint density at radius 1 is 1.14 bits per heavy atom. The van der Waals surface area contributed by atoms with Crippen LogP contribution in [0, 0.1) is 12.8 Å². The van der Waals surface area contributed by atoms with Gasteiger partial charge in [-0.2, -0.15) is 0 Å². The van der Waals surface area contributed by atoms with Crippen LogP contribution in [-0.4, -0.2) is 17.0 Å². The van der Waals surface area contributed by atoms with Crippen LogP contribution in [0.25, 0.3) is 0 Å². The number of rotatable bonds is 5. The molecule has 0 amide bonds. The zero-order valence-corrected chi connectivity index (χ0v) is 13.3. The van der Waals surface area contributed by atoms with Crippen LogP contribution in [0.3, 0.4) is 0 Å². The number of aliphatic hydroxyl groups excluding tert-OH is 1. The summed E-state index contributed by atoms with van der Waals surface area (Å²) in [5, 5.41) is 10.4. The Balaban J connectivity index is 1.63. The van der Waals surface area contributed by atoms with Gasteiger partial charge in [0.1, 0.15) is 0 Å². The van der Waals surface area contributed by atoms with E-state index in [1.165, 1.54) is 21.6 Å². The van der Waals surface area contributed by atoms with Crippen molar-refractivity contribution in [3.8, 4) is 0 Å². The van der Waals surface area contributed by atoms with Crippen molar-refractivity contribution in [3.63, 3.8) is 0 Å². The average molecular weight is 298 g/mol. The van der Waals surface area contributed by atoms with E-state index in [2.05, 4.69) is 55.5 Å². The van der Waals surface area contributed by atoms with E-state index in [0.717, 1.165) is 19.3 Å². The Morgan fingerprint density at radius 2 is 1.90 bits per heavy atom. The van der Waals surface area contributed by atoms with Gasteiger partial charge < -0.3 is 5.11 Å². The Morgan fingerprint density at radius 3 is 2.67 bits per heavy atom. The third-order valence-electron chi connectivity index (χ3n) is 4.34. The second kappa shape index (κ2) is 6.67. The summed E-state index contributed by atoms with van der Waals surface area (Å²) in [6.07, 6.45) is 3.21. The summed E-state index contributed by atoms with van der Waals surface area (Å²) in [5.41, 5.74) is 4.18. The van der Waals surface area contributed by atoms with E-state index in [1.807, 2.05) is 11.8 Å². The van der Waals surface area contributed by atoms with Crippen LogP contribution < -0.4 is 0 Å². The van der Waals surface area contributed by atoms with Crippen molar-refractivity contribution in [2.45, 2.75) is 36.3 Å². The van der Waals surface area contributed by atoms with E-state index in [1.54, 1.807) is 0 Å². The number of thioether (sulfide) groups is 1. The van der Waals surface area contributed by atoms with E-state index in [-0.39, 0.29) is 6.61 Å². The highest BCUT2D eigenvalue weighted by Gasteiger charge is 2.24. The lowest BCUT2D eigenvalue weighted by Crippen LogP contribution is -2.16. The molecule has 0 saturated carbocycles. The Labute approximate surface area is 131 Å². The summed E-state index contributed by atoms with van der Waals surface area (Å²) in [7, 11) is 0. The molecule has 2 aromatic carbocycles. The summed E-state index contributed by atoms with van der Waals surface area (Å²) in [6, 6.07) is 17.2. The molecule has 0 bridgehead atoms. The summed E-state index contributed by atoms with van der Waals surface area (Å²) >= 11 is 1.98. The van der Waals surface area contributed by atoms with Gasteiger partial charge in [0, 0.05) is 16.8 Å². The fourth-order valence-corrected chi connectivity index (χ4v) is 4.58. The Kier molecular flexibility index (Phi) is 4.67. The van der Waals surface area contributed by atoms with Crippen LogP contribution in [0.1, 0.15) is 23.1 Å². The van der Waals surface area contributed by atoms with Crippen LogP contribution >= 0.6 is 11.8 Å². The predicted octanol–water partition coefficient (Wildman–Crippen LogP) is 4.25. The van der Waals surface area contributed by atoms with Gasteiger partial charge >= 0.3 is 0 Å². The molecule has 0 saturated heterocycles. The molecule has 2 atom stereocenters. The zero-order valence-electron chi connectivity index (χ0n) is 12.5. The maximum absolute atomic E-state index is 9.75. The smallest absolute Gasteiger partial charge is 0.0462 e. The van der Waals surface area contributed by atoms with Gasteiger partial charge in [-0.1, -0.05) is 42.5 Å². The topological polar surface area (TPSA) is 20.2 Å². The monoisotopic (exact) mass is 298 g/mol. The van der Waals surface area contributed by atoms with E-state index >= 15 is 0 Å². The second-order valence-corrected chi connectivity index (χ2v) is 7.31. The third-order valence-corrected chi connectivity index (χ3v) is 5.68. The van der Waals surface area contributed by atoms with Crippen molar-refractivity contribution >= 4 is 11.8 Å². The van der Waals surface area contributed by atoms with E-state index in [0.29, 0.717) is 11.2 Å². The van der Waals surface area contributed by atoms with Crippen molar-refractivity contribution in [2.75, 3.05) is 6.61 Å². The SMILES string of the molecule is Cc1ccccc1CC(CO)CC1Cc2ccccc2S1. The summed E-state index contributed by atoms with van der Waals surface area (Å²) in [6.45, 7) is 2.44. The molecule has 0 spiro atoms. The molecule has 2 aromatic rings. The first-order chi connectivity index (χ1) is 10.3. The van der Waals surface area contributed by atoms with Gasteiger partial charge in [-0.25, -0.2) is 0 Å². The van der Waals surface area contributed by atoms with Gasteiger partial charge in [-0.15, -0.1) is 11.8 Å². The number of hydrogen-bond donors (Lipinski definition) is 1. The number of fused-ring (bicyclic) bond motifs is 1. The first kappa shape index (κ1) is 14.7. The van der Waals surface area contributed by atoms with Gasteiger partial charge in [-0.3, -0.25) is 0 Å². The minimum Gasteiger partial charge on any atom is -0.396 e. The summed E-state index contributed by atoms with van der Waals surface area (Å²) < 4.78 is 0. The van der Waals surface area contributed by atoms with Crippen molar-refractivity contribution in [1.29, 1.82) is 0 Å². The van der Waals surface area contributed by atoms with Crippen LogP contribution in [-0.2, 0) is 12.8 Å². The van der Waals surface area contributed by atoms with Crippen molar-refractivity contribution in [2.24, 2.45) is 5.92 Å². The molecule has 2 unspecified atom stereocenters. The molecule has 1 heterocycles. The highest BCUT2D eigenvalue weighted by Crippen LogP contribution is 2.39. The third kappa shape index (κ3) is 3.50. The largest absolute Gasteiger partial charge is 0.396 e. The quantitative estimate of drug-likeness (QED) is 0.890. The highest BCUT2D eigenvalue weighted by molar-refractivity contribution is 8.00. The van der Waals surface area contributed by atoms with Crippen LogP contribution in [0.4, 0.5) is 0 Å². The minimum atomic E-state index is 0.280. The van der Waals surface area contributed by atoms with Gasteiger partial charge in [0.15, 0.2) is 0 Å². The van der Waals surface area contributed by atoms with Crippen LogP contribution in [0.5, 0.6) is 0 Å². The van der Waals surface area contributed by atoms with E-state index < -0.39 is 0 Å². The van der Waals surface area contributed by atoms with Gasteiger partial charge in [-0.05, 0) is 54.9 Å². The molecule has 1 aliphatic heterocycles. The molecule has 0 fully saturated rings. The summed E-state index contributed by atoms with van der Waals surface area (Å²) in [5.74, 6) is 0.359. The van der Waals surface area contributed by atoms with Gasteiger partial charge in [0.25, 0.3) is 0 Å². The lowest BCUT2D eigenvalue weighted by atomic mass is 9.92.